The summed E-state index contributed by atoms with van der Waals surface area (Å²) in [6, 6.07) is -2.04. The molecule has 0 radical (unpaired) electrons. The van der Waals surface area contributed by atoms with Crippen LogP contribution in [-0.4, -0.2) is 77.5 Å². The molecule has 4 unspecified atom stereocenters. The largest absolute Gasteiger partial charge is 0.442 e. The zero-order chi connectivity index (χ0) is 22.2. The van der Waals surface area contributed by atoms with Crippen molar-refractivity contribution in [3.63, 3.8) is 0 Å². The van der Waals surface area contributed by atoms with Crippen LogP contribution in [0.15, 0.2) is 0 Å². The molecule has 4 N–H and O–H groups in total. The van der Waals surface area contributed by atoms with Gasteiger partial charge in [0.1, 0.15) is 23.5 Å². The minimum Gasteiger partial charge on any atom is -0.442 e. The Morgan fingerprint density at radius 2 is 2.07 bits per heavy atom. The van der Waals surface area contributed by atoms with Crippen molar-refractivity contribution in [3.8, 4) is 0 Å². The van der Waals surface area contributed by atoms with Gasteiger partial charge in [0.2, 0.25) is 17.7 Å². The average molecular weight is 440 g/mol. The molecule has 13 nitrogen and oxygen atoms in total. The number of nitrogens with two attached hydrogens (primary N) is 1. The van der Waals surface area contributed by atoms with Crippen LogP contribution in [0, 0.1) is 0 Å². The summed E-state index contributed by atoms with van der Waals surface area (Å²) in [5.74, 6) is -1.31. The summed E-state index contributed by atoms with van der Waals surface area (Å²) in [4.78, 5) is 49.4. The molecule has 1 aromatic rings. The van der Waals surface area contributed by atoms with E-state index >= 15 is 0 Å². The van der Waals surface area contributed by atoms with Gasteiger partial charge < -0.3 is 26.0 Å². The van der Waals surface area contributed by atoms with Crippen molar-refractivity contribution in [1.82, 2.24) is 35.7 Å². The molecule has 0 bridgehead atoms. The highest BCUT2D eigenvalue weighted by atomic mass is 32.2. The summed E-state index contributed by atoms with van der Waals surface area (Å²) in [5.41, 5.74) is 5.24. The van der Waals surface area contributed by atoms with E-state index in [9.17, 15) is 19.2 Å². The highest BCUT2D eigenvalue weighted by Gasteiger charge is 2.63. The fourth-order valence-electron chi connectivity index (χ4n) is 3.46. The number of carbonyl (C=O) groups is 4. The van der Waals surface area contributed by atoms with Gasteiger partial charge in [-0.25, -0.2) is 0 Å². The number of nitrogens with zero attached hydrogens (tertiary/aromatic N) is 5. The highest BCUT2D eigenvalue weighted by Crippen LogP contribution is 2.56. The van der Waals surface area contributed by atoms with Crippen LogP contribution in [0.5, 0.6) is 0 Å². The van der Waals surface area contributed by atoms with Crippen molar-refractivity contribution < 1.29 is 23.9 Å². The molecule has 14 heteroatoms. The maximum atomic E-state index is 12.9. The third-order valence-electron chi connectivity index (χ3n) is 4.89. The molecule has 3 rings (SSSR count). The average Bonchev–Trinajstić information content (AvgIpc) is 3.23. The monoisotopic (exact) mass is 440 g/mol. The van der Waals surface area contributed by atoms with Crippen LogP contribution in [0.25, 0.3) is 0 Å². The van der Waals surface area contributed by atoms with Crippen molar-refractivity contribution in [2.75, 3.05) is 6.54 Å². The lowest BCUT2D eigenvalue weighted by Gasteiger charge is -2.44. The van der Waals surface area contributed by atoms with Crippen molar-refractivity contribution in [2.24, 2.45) is 5.73 Å². The zero-order valence-electron chi connectivity index (χ0n) is 17.0. The molecule has 2 saturated heterocycles. The second kappa shape index (κ2) is 8.18. The van der Waals surface area contributed by atoms with Gasteiger partial charge in [-0.15, -0.1) is 16.9 Å². The second-order valence-electron chi connectivity index (χ2n) is 7.54. The first-order valence-corrected chi connectivity index (χ1v) is 10.1. The normalized spacial score (nSPS) is 25.2. The number of tetrazole rings is 1. The summed E-state index contributed by atoms with van der Waals surface area (Å²) in [5, 5.41) is 16.4. The molecule has 2 aliphatic rings. The molecule has 164 valence electrons. The van der Waals surface area contributed by atoms with Gasteiger partial charge in [0.05, 0.1) is 6.54 Å². The van der Waals surface area contributed by atoms with Crippen LogP contribution >= 0.6 is 11.8 Å². The Labute approximate surface area is 176 Å². The third-order valence-corrected chi connectivity index (χ3v) is 6.46. The fourth-order valence-corrected chi connectivity index (χ4v) is 5.09. The minimum absolute atomic E-state index is 0.167. The van der Waals surface area contributed by atoms with Gasteiger partial charge in [0, 0.05) is 11.7 Å². The Hall–Kier alpha value is -2.74. The first kappa shape index (κ1) is 22.0. The molecule has 0 spiro atoms. The Bertz CT molecular complexity index is 874. The lowest BCUT2D eigenvalue weighted by Crippen LogP contribution is -2.69. The number of thioether (sulfide) groups is 1. The maximum Gasteiger partial charge on any atom is 0.304 e. The third kappa shape index (κ3) is 3.96. The summed E-state index contributed by atoms with van der Waals surface area (Å²) in [6.07, 6.45) is 0. The predicted octanol–water partition coefficient (Wildman–Crippen LogP) is -2.12. The number of hydrogen-bond acceptors (Lipinski definition) is 10. The quantitative estimate of drug-likeness (QED) is 0.314. The summed E-state index contributed by atoms with van der Waals surface area (Å²) in [6.45, 7) is 6.29. The van der Waals surface area contributed by atoms with Gasteiger partial charge in [0.15, 0.2) is 12.6 Å². The minimum atomic E-state index is -0.825. The van der Waals surface area contributed by atoms with E-state index in [-0.39, 0.29) is 24.6 Å². The Kier molecular flexibility index (Phi) is 5.99. The molecule has 4 atom stereocenters. The Morgan fingerprint density at radius 3 is 2.70 bits per heavy atom. The molecule has 30 heavy (non-hydrogen) atoms. The van der Waals surface area contributed by atoms with Crippen LogP contribution < -0.4 is 16.4 Å². The lowest BCUT2D eigenvalue weighted by molar-refractivity contribution is -0.152. The Morgan fingerprint density at radius 1 is 1.37 bits per heavy atom. The van der Waals surface area contributed by atoms with Crippen molar-refractivity contribution in [1.29, 1.82) is 0 Å². The molecule has 2 aliphatic heterocycles. The van der Waals surface area contributed by atoms with Crippen LogP contribution in [0.2, 0.25) is 0 Å². The van der Waals surface area contributed by atoms with Gasteiger partial charge in [-0.2, -0.15) is 4.68 Å². The van der Waals surface area contributed by atoms with Crippen molar-refractivity contribution >= 4 is 35.5 Å². The van der Waals surface area contributed by atoms with Crippen molar-refractivity contribution in [3.05, 3.63) is 5.82 Å². The SMILES string of the molecule is CC(=O)OCn1nnnc1C1N2C(=O)C(NC(=O)C(C)NC(=O)CN)C2SC1(C)C. The number of β-lactam (4-membered cyclic amide) rings is 1. The second-order valence-corrected chi connectivity index (χ2v) is 9.31. The molecule has 0 aromatic carbocycles. The molecule has 3 heterocycles. The molecule has 0 saturated carbocycles. The molecular formula is C16H24N8O5S. The van der Waals surface area contributed by atoms with E-state index in [1.165, 1.54) is 30.3 Å². The van der Waals surface area contributed by atoms with E-state index in [2.05, 4.69) is 26.2 Å². The van der Waals surface area contributed by atoms with E-state index in [4.69, 9.17) is 10.5 Å². The summed E-state index contributed by atoms with van der Waals surface area (Å²) < 4.78 is 5.84. The number of amides is 3. The lowest BCUT2D eigenvalue weighted by atomic mass is 9.95. The van der Waals surface area contributed by atoms with Crippen molar-refractivity contribution in [2.45, 2.75) is 62.7 Å². The van der Waals surface area contributed by atoms with E-state index in [1.54, 1.807) is 4.90 Å². The predicted molar refractivity (Wildman–Crippen MR) is 103 cm³/mol. The molecule has 2 fully saturated rings. The maximum absolute atomic E-state index is 12.9. The smallest absolute Gasteiger partial charge is 0.304 e. The van der Waals surface area contributed by atoms with Gasteiger partial charge >= 0.3 is 5.97 Å². The van der Waals surface area contributed by atoms with E-state index in [0.717, 1.165) is 0 Å². The van der Waals surface area contributed by atoms with Gasteiger partial charge in [-0.1, -0.05) is 0 Å². The summed E-state index contributed by atoms with van der Waals surface area (Å²) >= 11 is 1.51. The number of hydrogen-bond donors (Lipinski definition) is 3. The topological polar surface area (TPSA) is 174 Å². The van der Waals surface area contributed by atoms with Gasteiger partial charge in [-0.3, -0.25) is 19.2 Å². The van der Waals surface area contributed by atoms with Gasteiger partial charge in [-0.05, 0) is 31.2 Å². The zero-order valence-corrected chi connectivity index (χ0v) is 17.8. The fraction of sp³-hybridized carbons (Fsp3) is 0.688. The van der Waals surface area contributed by atoms with Crippen LogP contribution in [0.3, 0.4) is 0 Å². The number of rotatable bonds is 7. The summed E-state index contributed by atoms with van der Waals surface area (Å²) in [7, 11) is 0. The Balaban J connectivity index is 1.73. The van der Waals surface area contributed by atoms with Crippen LogP contribution in [-0.2, 0) is 30.6 Å². The van der Waals surface area contributed by atoms with Crippen LogP contribution in [0.1, 0.15) is 39.6 Å². The number of fused-ring (bicyclic) bond motifs is 1. The van der Waals surface area contributed by atoms with Crippen LogP contribution in [0.4, 0.5) is 0 Å². The molecule has 3 amide bonds. The highest BCUT2D eigenvalue weighted by molar-refractivity contribution is 8.01. The molecule has 0 aliphatic carbocycles. The number of nitrogens with one attached hydrogen (secondary N) is 2. The first-order chi connectivity index (χ1) is 14.1. The molecular weight excluding hydrogens is 416 g/mol. The van der Waals surface area contributed by atoms with E-state index in [0.29, 0.717) is 5.82 Å². The number of carbonyl (C=O) groups excluding carboxylic acids is 4. The molecule has 1 aromatic heterocycles. The number of ether oxygens (including phenoxy) is 1. The van der Waals surface area contributed by atoms with Gasteiger partial charge in [0.25, 0.3) is 0 Å². The first-order valence-electron chi connectivity index (χ1n) is 9.26. The number of esters is 1. The van der Waals surface area contributed by atoms with E-state index < -0.39 is 40.7 Å². The number of aromatic nitrogens is 4. The van der Waals surface area contributed by atoms with E-state index in [1.807, 2.05) is 13.8 Å². The standard InChI is InChI=1S/C16H24N8O5S/c1-7(18-9(26)5-17)13(27)19-10-14(28)24-11(16(3,4)30-15(10)24)12-20-21-22-23(12)6-29-8(2)25/h7,10-11,15H,5-6,17H2,1-4H3,(H,18,26)(H,19,27).